The standard InChI is InChI=1S/C19H29BrN2O/c1-2-11-21-12-7-18(8-13-21)22-14-9-19(23,10-15-22)16-3-5-17(20)6-4-16/h3-6,18,23H,2,7-15H2,1H3. The fraction of sp³-hybridized carbons (Fsp3) is 0.684. The number of likely N-dealkylation sites (tertiary alicyclic amines) is 2. The van der Waals surface area contributed by atoms with Crippen LogP contribution in [0, 0.1) is 0 Å². The average molecular weight is 381 g/mol. The van der Waals surface area contributed by atoms with Crippen LogP contribution in [-0.4, -0.2) is 53.7 Å². The minimum atomic E-state index is -0.639. The highest BCUT2D eigenvalue weighted by Crippen LogP contribution is 2.35. The van der Waals surface area contributed by atoms with Gasteiger partial charge in [-0.1, -0.05) is 35.0 Å². The normalized spacial score (nSPS) is 24.0. The lowest BCUT2D eigenvalue weighted by Gasteiger charge is -2.44. The van der Waals surface area contributed by atoms with Gasteiger partial charge in [0.05, 0.1) is 5.60 Å². The molecule has 2 heterocycles. The van der Waals surface area contributed by atoms with E-state index in [0.29, 0.717) is 0 Å². The molecule has 2 aliphatic heterocycles. The SMILES string of the molecule is CCCN1CCC(N2CCC(O)(c3ccc(Br)cc3)CC2)CC1. The smallest absolute Gasteiger partial charge is 0.0920 e. The molecule has 1 aromatic rings. The van der Waals surface area contributed by atoms with E-state index in [1.54, 1.807) is 0 Å². The zero-order chi connectivity index (χ0) is 16.3. The third-order valence-electron chi connectivity index (χ3n) is 5.62. The highest BCUT2D eigenvalue weighted by molar-refractivity contribution is 9.10. The van der Waals surface area contributed by atoms with Crippen molar-refractivity contribution in [2.24, 2.45) is 0 Å². The van der Waals surface area contributed by atoms with Crippen LogP contribution in [0.4, 0.5) is 0 Å². The molecule has 0 atom stereocenters. The van der Waals surface area contributed by atoms with E-state index in [9.17, 15) is 5.11 Å². The summed E-state index contributed by atoms with van der Waals surface area (Å²) in [6, 6.07) is 8.90. The zero-order valence-electron chi connectivity index (χ0n) is 14.2. The Morgan fingerprint density at radius 2 is 1.70 bits per heavy atom. The fourth-order valence-electron chi connectivity index (χ4n) is 4.13. The molecule has 0 amide bonds. The van der Waals surface area contributed by atoms with Gasteiger partial charge in [-0.15, -0.1) is 0 Å². The van der Waals surface area contributed by atoms with Gasteiger partial charge < -0.3 is 14.9 Å². The Hall–Kier alpha value is -0.420. The summed E-state index contributed by atoms with van der Waals surface area (Å²) in [4.78, 5) is 5.22. The maximum atomic E-state index is 11.0. The van der Waals surface area contributed by atoms with E-state index in [1.807, 2.05) is 12.1 Å². The van der Waals surface area contributed by atoms with Crippen LogP contribution >= 0.6 is 15.9 Å². The molecule has 2 fully saturated rings. The van der Waals surface area contributed by atoms with E-state index in [0.717, 1.165) is 42.0 Å². The first-order chi connectivity index (χ1) is 11.1. The number of nitrogens with zero attached hydrogens (tertiary/aromatic N) is 2. The first-order valence-electron chi connectivity index (χ1n) is 9.05. The van der Waals surface area contributed by atoms with Crippen LogP contribution in [0.25, 0.3) is 0 Å². The summed E-state index contributed by atoms with van der Waals surface area (Å²) in [5, 5.41) is 11.0. The number of hydrogen-bond acceptors (Lipinski definition) is 3. The molecular formula is C19H29BrN2O. The molecule has 2 aliphatic rings. The molecule has 4 heteroatoms. The lowest BCUT2D eigenvalue weighted by atomic mass is 9.83. The lowest BCUT2D eigenvalue weighted by Crippen LogP contribution is -2.50. The maximum Gasteiger partial charge on any atom is 0.0920 e. The Labute approximate surface area is 148 Å². The minimum Gasteiger partial charge on any atom is -0.385 e. The van der Waals surface area contributed by atoms with Crippen molar-refractivity contribution in [1.82, 2.24) is 9.80 Å². The van der Waals surface area contributed by atoms with Gasteiger partial charge in [-0.05, 0) is 69.4 Å². The van der Waals surface area contributed by atoms with E-state index in [1.165, 1.54) is 38.9 Å². The van der Waals surface area contributed by atoms with Gasteiger partial charge in [-0.3, -0.25) is 0 Å². The molecule has 0 unspecified atom stereocenters. The fourth-order valence-corrected chi connectivity index (χ4v) is 4.40. The van der Waals surface area contributed by atoms with Gasteiger partial charge in [0, 0.05) is 23.6 Å². The lowest BCUT2D eigenvalue weighted by molar-refractivity contribution is -0.0420. The monoisotopic (exact) mass is 380 g/mol. The number of piperidine rings is 2. The van der Waals surface area contributed by atoms with Crippen molar-refractivity contribution in [3.8, 4) is 0 Å². The molecule has 3 nitrogen and oxygen atoms in total. The number of benzene rings is 1. The van der Waals surface area contributed by atoms with Crippen molar-refractivity contribution >= 4 is 15.9 Å². The Kier molecular flexibility index (Phi) is 5.78. The Morgan fingerprint density at radius 3 is 2.26 bits per heavy atom. The van der Waals surface area contributed by atoms with Crippen molar-refractivity contribution in [3.63, 3.8) is 0 Å². The molecule has 1 aromatic carbocycles. The maximum absolute atomic E-state index is 11.0. The van der Waals surface area contributed by atoms with E-state index in [2.05, 4.69) is 44.8 Å². The van der Waals surface area contributed by atoms with Crippen LogP contribution < -0.4 is 0 Å². The second kappa shape index (κ2) is 7.64. The van der Waals surface area contributed by atoms with Gasteiger partial charge in [0.1, 0.15) is 0 Å². The van der Waals surface area contributed by atoms with E-state index < -0.39 is 5.60 Å². The average Bonchev–Trinajstić information content (AvgIpc) is 2.57. The minimum absolute atomic E-state index is 0.639. The predicted octanol–water partition coefficient (Wildman–Crippen LogP) is 3.61. The molecular weight excluding hydrogens is 352 g/mol. The molecule has 128 valence electrons. The summed E-state index contributed by atoms with van der Waals surface area (Å²) in [5.41, 5.74) is 0.429. The highest BCUT2D eigenvalue weighted by Gasteiger charge is 2.36. The quantitative estimate of drug-likeness (QED) is 0.863. The van der Waals surface area contributed by atoms with Crippen LogP contribution in [0.2, 0.25) is 0 Å². The first-order valence-corrected chi connectivity index (χ1v) is 9.85. The molecule has 23 heavy (non-hydrogen) atoms. The Balaban J connectivity index is 1.53. The molecule has 0 aliphatic carbocycles. The molecule has 1 N–H and O–H groups in total. The summed E-state index contributed by atoms with van der Waals surface area (Å²) in [6.07, 6.45) is 5.54. The van der Waals surface area contributed by atoms with Gasteiger partial charge >= 0.3 is 0 Å². The summed E-state index contributed by atoms with van der Waals surface area (Å²) in [7, 11) is 0. The molecule has 3 rings (SSSR count). The predicted molar refractivity (Wildman–Crippen MR) is 98.6 cm³/mol. The Morgan fingerprint density at radius 1 is 1.09 bits per heavy atom. The van der Waals surface area contributed by atoms with Gasteiger partial charge in [0.2, 0.25) is 0 Å². The van der Waals surface area contributed by atoms with Crippen molar-refractivity contribution in [3.05, 3.63) is 34.3 Å². The number of aliphatic hydroxyl groups is 1. The van der Waals surface area contributed by atoms with E-state index in [4.69, 9.17) is 0 Å². The van der Waals surface area contributed by atoms with Crippen LogP contribution in [0.5, 0.6) is 0 Å². The molecule has 0 aromatic heterocycles. The van der Waals surface area contributed by atoms with Crippen LogP contribution in [0.3, 0.4) is 0 Å². The van der Waals surface area contributed by atoms with Gasteiger partial charge in [-0.25, -0.2) is 0 Å². The molecule has 2 saturated heterocycles. The Bertz CT molecular complexity index is 489. The van der Waals surface area contributed by atoms with Crippen molar-refractivity contribution < 1.29 is 5.11 Å². The van der Waals surface area contributed by atoms with Gasteiger partial charge in [-0.2, -0.15) is 0 Å². The van der Waals surface area contributed by atoms with Crippen LogP contribution in [0.15, 0.2) is 28.7 Å². The summed E-state index contributed by atoms with van der Waals surface area (Å²) < 4.78 is 1.07. The molecule has 0 saturated carbocycles. The second-order valence-corrected chi connectivity index (χ2v) is 8.06. The van der Waals surface area contributed by atoms with Crippen molar-refractivity contribution in [2.75, 3.05) is 32.7 Å². The van der Waals surface area contributed by atoms with Crippen LogP contribution in [0.1, 0.15) is 44.6 Å². The number of hydrogen-bond donors (Lipinski definition) is 1. The number of halogens is 1. The molecule has 0 spiro atoms. The van der Waals surface area contributed by atoms with Gasteiger partial charge in [0.15, 0.2) is 0 Å². The number of rotatable bonds is 4. The van der Waals surface area contributed by atoms with E-state index >= 15 is 0 Å². The first kappa shape index (κ1) is 17.4. The third kappa shape index (κ3) is 4.16. The largest absolute Gasteiger partial charge is 0.385 e. The summed E-state index contributed by atoms with van der Waals surface area (Å²) in [5.74, 6) is 0. The zero-order valence-corrected chi connectivity index (χ0v) is 15.8. The molecule has 0 radical (unpaired) electrons. The van der Waals surface area contributed by atoms with E-state index in [-0.39, 0.29) is 0 Å². The molecule has 0 bridgehead atoms. The topological polar surface area (TPSA) is 26.7 Å². The van der Waals surface area contributed by atoms with Crippen molar-refractivity contribution in [2.45, 2.75) is 50.7 Å². The second-order valence-electron chi connectivity index (χ2n) is 7.15. The van der Waals surface area contributed by atoms with Gasteiger partial charge in [0.25, 0.3) is 0 Å². The highest BCUT2D eigenvalue weighted by atomic mass is 79.9. The summed E-state index contributed by atoms with van der Waals surface area (Å²) in [6.45, 7) is 8.03. The summed E-state index contributed by atoms with van der Waals surface area (Å²) >= 11 is 3.47. The van der Waals surface area contributed by atoms with Crippen LogP contribution in [-0.2, 0) is 5.60 Å². The third-order valence-corrected chi connectivity index (χ3v) is 6.15. The van der Waals surface area contributed by atoms with Crippen molar-refractivity contribution in [1.29, 1.82) is 0 Å².